The van der Waals surface area contributed by atoms with Crippen LogP contribution >= 0.6 is 0 Å². The standard InChI is InChI=1S/C22H24N2O2S/c1-3-16-4-7-21(15(2)10-16)26-22-8-9-24-20-6-5-18(11-19(20)22)27(25)14-17-12-23-13-17/h4-11,17,23H,3,12-14H2,1-2H3. The molecule has 0 aliphatic carbocycles. The summed E-state index contributed by atoms with van der Waals surface area (Å²) in [4.78, 5) is 5.27. The Morgan fingerprint density at radius 3 is 2.70 bits per heavy atom. The maximum Gasteiger partial charge on any atom is 0.138 e. The van der Waals surface area contributed by atoms with Gasteiger partial charge >= 0.3 is 0 Å². The fraction of sp³-hybridized carbons (Fsp3) is 0.318. The highest BCUT2D eigenvalue weighted by Crippen LogP contribution is 2.32. The number of fused-ring (bicyclic) bond motifs is 1. The summed E-state index contributed by atoms with van der Waals surface area (Å²) >= 11 is 0. The van der Waals surface area contributed by atoms with Gasteiger partial charge in [-0.25, -0.2) is 0 Å². The van der Waals surface area contributed by atoms with Crippen molar-refractivity contribution < 1.29 is 8.95 Å². The number of aromatic nitrogens is 1. The lowest BCUT2D eigenvalue weighted by molar-refractivity contribution is 0.382. The number of hydrogen-bond donors (Lipinski definition) is 1. The number of rotatable bonds is 6. The summed E-state index contributed by atoms with van der Waals surface area (Å²) in [6.45, 7) is 6.13. The maximum atomic E-state index is 12.7. The number of nitrogens with zero attached hydrogens (tertiary/aromatic N) is 1. The van der Waals surface area contributed by atoms with Gasteiger partial charge in [0.1, 0.15) is 11.5 Å². The molecule has 2 aromatic carbocycles. The van der Waals surface area contributed by atoms with Gasteiger partial charge in [-0.05, 0) is 60.7 Å². The highest BCUT2D eigenvalue weighted by Gasteiger charge is 2.20. The van der Waals surface area contributed by atoms with Crippen LogP contribution in [0.4, 0.5) is 0 Å². The Kier molecular flexibility index (Phi) is 5.23. The van der Waals surface area contributed by atoms with Crippen LogP contribution in [-0.2, 0) is 17.2 Å². The highest BCUT2D eigenvalue weighted by atomic mass is 32.2. The summed E-state index contributed by atoms with van der Waals surface area (Å²) < 4.78 is 18.9. The normalized spacial score (nSPS) is 15.5. The van der Waals surface area contributed by atoms with Gasteiger partial charge in [0.15, 0.2) is 0 Å². The summed E-state index contributed by atoms with van der Waals surface area (Å²) in [5.74, 6) is 2.79. The predicted octanol–water partition coefficient (Wildman–Crippen LogP) is 4.22. The fourth-order valence-electron chi connectivity index (χ4n) is 3.27. The van der Waals surface area contributed by atoms with E-state index in [4.69, 9.17) is 4.74 Å². The monoisotopic (exact) mass is 380 g/mol. The number of benzene rings is 2. The second-order valence-corrected chi connectivity index (χ2v) is 8.58. The number of ether oxygens (including phenoxy) is 1. The van der Waals surface area contributed by atoms with E-state index < -0.39 is 10.8 Å². The van der Waals surface area contributed by atoms with Gasteiger partial charge in [-0.2, -0.15) is 0 Å². The number of nitrogens with one attached hydrogen (secondary N) is 1. The van der Waals surface area contributed by atoms with Crippen molar-refractivity contribution in [2.45, 2.75) is 25.2 Å². The lowest BCUT2D eigenvalue weighted by Gasteiger charge is -2.26. The van der Waals surface area contributed by atoms with E-state index in [2.05, 4.69) is 36.3 Å². The van der Waals surface area contributed by atoms with Crippen LogP contribution in [0.25, 0.3) is 10.9 Å². The van der Waals surface area contributed by atoms with Crippen LogP contribution in [-0.4, -0.2) is 28.0 Å². The molecule has 3 aromatic rings. The van der Waals surface area contributed by atoms with E-state index in [1.54, 1.807) is 6.20 Å². The Morgan fingerprint density at radius 1 is 1.15 bits per heavy atom. The number of pyridine rings is 1. The van der Waals surface area contributed by atoms with Crippen molar-refractivity contribution >= 4 is 21.7 Å². The van der Waals surface area contributed by atoms with Crippen molar-refractivity contribution in [3.63, 3.8) is 0 Å². The van der Waals surface area contributed by atoms with E-state index in [-0.39, 0.29) is 0 Å². The van der Waals surface area contributed by atoms with Crippen molar-refractivity contribution in [2.24, 2.45) is 5.92 Å². The van der Waals surface area contributed by atoms with E-state index in [0.29, 0.717) is 11.7 Å². The second kappa shape index (κ2) is 7.79. The van der Waals surface area contributed by atoms with Crippen LogP contribution in [0.1, 0.15) is 18.1 Å². The molecule has 1 aliphatic rings. The minimum absolute atomic E-state index is 0.505. The molecule has 1 aliphatic heterocycles. The van der Waals surface area contributed by atoms with Gasteiger partial charge in [-0.1, -0.05) is 19.1 Å². The summed E-state index contributed by atoms with van der Waals surface area (Å²) in [6, 6.07) is 14.0. The molecule has 27 heavy (non-hydrogen) atoms. The van der Waals surface area contributed by atoms with Crippen LogP contribution in [0.5, 0.6) is 11.5 Å². The van der Waals surface area contributed by atoms with Gasteiger partial charge < -0.3 is 10.1 Å². The predicted molar refractivity (Wildman–Crippen MR) is 110 cm³/mol. The molecule has 1 aromatic heterocycles. The third-order valence-electron chi connectivity index (χ3n) is 5.06. The van der Waals surface area contributed by atoms with Gasteiger partial charge in [-0.3, -0.25) is 9.19 Å². The Bertz CT molecular complexity index is 999. The zero-order chi connectivity index (χ0) is 18.8. The Hall–Kier alpha value is -2.24. The smallest absolute Gasteiger partial charge is 0.138 e. The molecule has 5 heteroatoms. The van der Waals surface area contributed by atoms with Crippen LogP contribution in [0.15, 0.2) is 53.6 Å². The van der Waals surface area contributed by atoms with Crippen molar-refractivity contribution in [1.82, 2.24) is 10.3 Å². The summed E-state index contributed by atoms with van der Waals surface area (Å²) in [7, 11) is -1.00. The summed E-state index contributed by atoms with van der Waals surface area (Å²) in [5, 5.41) is 4.13. The number of hydrogen-bond acceptors (Lipinski definition) is 4. The summed E-state index contributed by atoms with van der Waals surface area (Å²) in [5.41, 5.74) is 3.25. The van der Waals surface area contributed by atoms with E-state index in [9.17, 15) is 4.21 Å². The summed E-state index contributed by atoms with van der Waals surface area (Å²) in [6.07, 6.45) is 2.76. The largest absolute Gasteiger partial charge is 0.456 e. The molecule has 0 radical (unpaired) electrons. The molecule has 0 saturated carbocycles. The molecule has 0 spiro atoms. The lowest BCUT2D eigenvalue weighted by atomic mass is 10.1. The second-order valence-electron chi connectivity index (χ2n) is 7.08. The average Bonchev–Trinajstić information content (AvgIpc) is 2.66. The quantitative estimate of drug-likeness (QED) is 0.695. The molecule has 140 valence electrons. The first-order valence-electron chi connectivity index (χ1n) is 9.39. The van der Waals surface area contributed by atoms with Crippen molar-refractivity contribution in [3.05, 3.63) is 59.8 Å². The molecule has 1 N–H and O–H groups in total. The molecule has 1 unspecified atom stereocenters. The average molecular weight is 381 g/mol. The highest BCUT2D eigenvalue weighted by molar-refractivity contribution is 7.85. The molecule has 4 rings (SSSR count). The minimum Gasteiger partial charge on any atom is -0.456 e. The molecule has 0 bridgehead atoms. The van der Waals surface area contributed by atoms with Crippen molar-refractivity contribution in [3.8, 4) is 11.5 Å². The number of aryl methyl sites for hydroxylation is 2. The molecule has 1 atom stereocenters. The SMILES string of the molecule is CCc1ccc(Oc2ccnc3ccc(S(=O)CC4CNC4)cc23)c(C)c1. The van der Waals surface area contributed by atoms with Gasteiger partial charge in [0.2, 0.25) is 0 Å². The van der Waals surface area contributed by atoms with Crippen molar-refractivity contribution in [2.75, 3.05) is 18.8 Å². The van der Waals surface area contributed by atoms with E-state index in [1.807, 2.05) is 30.3 Å². The molecular weight excluding hydrogens is 356 g/mol. The van der Waals surface area contributed by atoms with Gasteiger partial charge in [0.25, 0.3) is 0 Å². The zero-order valence-electron chi connectivity index (χ0n) is 15.7. The minimum atomic E-state index is -1.00. The van der Waals surface area contributed by atoms with Crippen LogP contribution in [0, 0.1) is 12.8 Å². The first-order valence-corrected chi connectivity index (χ1v) is 10.7. The first kappa shape index (κ1) is 18.1. The van der Waals surface area contributed by atoms with Crippen molar-refractivity contribution in [1.29, 1.82) is 0 Å². The fourth-order valence-corrected chi connectivity index (χ4v) is 4.60. The molecular formula is C22H24N2O2S. The Labute approximate surface area is 162 Å². The lowest BCUT2D eigenvalue weighted by Crippen LogP contribution is -2.44. The molecule has 4 nitrogen and oxygen atoms in total. The molecule has 1 fully saturated rings. The van der Waals surface area contributed by atoms with Gasteiger partial charge in [0, 0.05) is 35.3 Å². The van der Waals surface area contributed by atoms with E-state index in [0.717, 1.165) is 52.4 Å². The van der Waals surface area contributed by atoms with Crippen LogP contribution in [0.2, 0.25) is 0 Å². The Morgan fingerprint density at radius 2 is 2.00 bits per heavy atom. The van der Waals surface area contributed by atoms with Crippen LogP contribution < -0.4 is 10.1 Å². The molecule has 2 heterocycles. The third kappa shape index (κ3) is 3.89. The molecule has 1 saturated heterocycles. The topological polar surface area (TPSA) is 51.2 Å². The van der Waals surface area contributed by atoms with Gasteiger partial charge in [-0.15, -0.1) is 0 Å². The van der Waals surface area contributed by atoms with Crippen LogP contribution in [0.3, 0.4) is 0 Å². The first-order chi connectivity index (χ1) is 13.1. The van der Waals surface area contributed by atoms with Gasteiger partial charge in [0.05, 0.1) is 16.3 Å². The third-order valence-corrected chi connectivity index (χ3v) is 6.61. The zero-order valence-corrected chi connectivity index (χ0v) is 16.5. The van der Waals surface area contributed by atoms with E-state index >= 15 is 0 Å². The van der Waals surface area contributed by atoms with E-state index in [1.165, 1.54) is 5.56 Å². The molecule has 0 amide bonds. The maximum absolute atomic E-state index is 12.7. The Balaban J connectivity index is 1.65.